The van der Waals surface area contributed by atoms with Crippen LogP contribution in [-0.4, -0.2) is 37.4 Å². The van der Waals surface area contributed by atoms with Crippen LogP contribution in [0.15, 0.2) is 24.3 Å². The molecule has 1 atom stereocenters. The average molecular weight is 252 g/mol. The van der Waals surface area contributed by atoms with E-state index in [2.05, 4.69) is 5.32 Å². The Bertz CT molecular complexity index is 413. The van der Waals surface area contributed by atoms with Gasteiger partial charge < -0.3 is 14.8 Å². The van der Waals surface area contributed by atoms with Crippen molar-refractivity contribution in [3.05, 3.63) is 34.4 Å². The fourth-order valence-corrected chi connectivity index (χ4v) is 1.93. The first-order valence-corrected chi connectivity index (χ1v) is 5.76. The number of hydrogen-bond donors (Lipinski definition) is 1. The standard InChI is InChI=1S/C12H16N2O4/c1-17-12(6-7-18-9-12)8-13-10-2-4-11(5-3-10)14(15)16/h2-5,13H,6-9H2,1H3. The molecular formula is C12H16N2O4. The summed E-state index contributed by atoms with van der Waals surface area (Å²) in [6, 6.07) is 6.34. The minimum atomic E-state index is -0.411. The molecule has 98 valence electrons. The van der Waals surface area contributed by atoms with Gasteiger partial charge in [0.15, 0.2) is 0 Å². The van der Waals surface area contributed by atoms with Gasteiger partial charge in [-0.25, -0.2) is 0 Å². The predicted molar refractivity (Wildman–Crippen MR) is 66.8 cm³/mol. The van der Waals surface area contributed by atoms with Crippen molar-refractivity contribution in [2.24, 2.45) is 0 Å². The smallest absolute Gasteiger partial charge is 0.269 e. The summed E-state index contributed by atoms with van der Waals surface area (Å²) in [6.07, 6.45) is 0.851. The topological polar surface area (TPSA) is 73.6 Å². The molecule has 0 amide bonds. The largest absolute Gasteiger partial charge is 0.382 e. The second-order valence-electron chi connectivity index (χ2n) is 4.35. The Morgan fingerprint density at radius 3 is 2.72 bits per heavy atom. The van der Waals surface area contributed by atoms with E-state index in [1.807, 2.05) is 0 Å². The fraction of sp³-hybridized carbons (Fsp3) is 0.500. The lowest BCUT2D eigenvalue weighted by atomic mass is 10.0. The highest BCUT2D eigenvalue weighted by molar-refractivity contribution is 5.48. The highest BCUT2D eigenvalue weighted by Crippen LogP contribution is 2.23. The number of nitro benzene ring substituents is 1. The summed E-state index contributed by atoms with van der Waals surface area (Å²) >= 11 is 0. The van der Waals surface area contributed by atoms with Crippen LogP contribution in [0.5, 0.6) is 0 Å². The van der Waals surface area contributed by atoms with Crippen LogP contribution in [0.25, 0.3) is 0 Å². The zero-order valence-corrected chi connectivity index (χ0v) is 10.2. The van der Waals surface area contributed by atoms with Crippen molar-refractivity contribution in [2.45, 2.75) is 12.0 Å². The third kappa shape index (κ3) is 2.77. The van der Waals surface area contributed by atoms with Gasteiger partial charge >= 0.3 is 0 Å². The summed E-state index contributed by atoms with van der Waals surface area (Å²) in [5.41, 5.74) is 0.636. The zero-order valence-electron chi connectivity index (χ0n) is 10.2. The molecule has 1 saturated heterocycles. The Labute approximate surface area is 105 Å². The van der Waals surface area contributed by atoms with Crippen LogP contribution in [0.3, 0.4) is 0 Å². The molecule has 0 saturated carbocycles. The van der Waals surface area contributed by atoms with E-state index < -0.39 is 4.92 Å². The van der Waals surface area contributed by atoms with Crippen LogP contribution in [0, 0.1) is 10.1 Å². The van der Waals surface area contributed by atoms with E-state index in [-0.39, 0.29) is 11.3 Å². The predicted octanol–water partition coefficient (Wildman–Crippen LogP) is 1.81. The molecule has 1 aromatic rings. The number of anilines is 1. The van der Waals surface area contributed by atoms with Crippen molar-refractivity contribution in [2.75, 3.05) is 32.2 Å². The second kappa shape index (κ2) is 5.32. The first-order valence-electron chi connectivity index (χ1n) is 5.76. The maximum atomic E-state index is 10.5. The number of nitro groups is 1. The molecule has 0 bridgehead atoms. The van der Waals surface area contributed by atoms with Crippen LogP contribution >= 0.6 is 0 Å². The number of nitrogens with one attached hydrogen (secondary N) is 1. The van der Waals surface area contributed by atoms with Gasteiger partial charge in [-0.15, -0.1) is 0 Å². The van der Waals surface area contributed by atoms with E-state index in [4.69, 9.17) is 9.47 Å². The molecule has 0 aliphatic carbocycles. The molecule has 1 heterocycles. The highest BCUT2D eigenvalue weighted by Gasteiger charge is 2.34. The van der Waals surface area contributed by atoms with Gasteiger partial charge in [0, 0.05) is 44.5 Å². The van der Waals surface area contributed by atoms with Gasteiger partial charge in [0.1, 0.15) is 5.60 Å². The number of benzene rings is 1. The van der Waals surface area contributed by atoms with Crippen LogP contribution in [0.4, 0.5) is 11.4 Å². The summed E-state index contributed by atoms with van der Waals surface area (Å²) in [7, 11) is 1.67. The summed E-state index contributed by atoms with van der Waals surface area (Å²) in [5, 5.41) is 13.7. The lowest BCUT2D eigenvalue weighted by Crippen LogP contribution is -2.39. The number of rotatable bonds is 5. The lowest BCUT2D eigenvalue weighted by molar-refractivity contribution is -0.384. The van der Waals surface area contributed by atoms with Crippen LogP contribution in [0.1, 0.15) is 6.42 Å². The van der Waals surface area contributed by atoms with E-state index in [0.717, 1.165) is 12.1 Å². The fourth-order valence-electron chi connectivity index (χ4n) is 1.93. The minimum absolute atomic E-state index is 0.0891. The molecule has 0 radical (unpaired) electrons. The maximum Gasteiger partial charge on any atom is 0.269 e. The Morgan fingerprint density at radius 1 is 1.50 bits per heavy atom. The van der Waals surface area contributed by atoms with Crippen molar-refractivity contribution in [1.82, 2.24) is 0 Å². The van der Waals surface area contributed by atoms with E-state index in [1.54, 1.807) is 19.2 Å². The van der Waals surface area contributed by atoms with Crippen LogP contribution < -0.4 is 5.32 Å². The summed E-state index contributed by atoms with van der Waals surface area (Å²) in [4.78, 5) is 10.1. The number of nitrogens with zero attached hydrogens (tertiary/aromatic N) is 1. The van der Waals surface area contributed by atoms with Crippen molar-refractivity contribution < 1.29 is 14.4 Å². The third-order valence-corrected chi connectivity index (χ3v) is 3.19. The number of hydrogen-bond acceptors (Lipinski definition) is 5. The van der Waals surface area contributed by atoms with Crippen LogP contribution in [0.2, 0.25) is 0 Å². The Kier molecular flexibility index (Phi) is 3.78. The lowest BCUT2D eigenvalue weighted by Gasteiger charge is -2.26. The zero-order chi connectivity index (χ0) is 13.0. The van der Waals surface area contributed by atoms with Gasteiger partial charge in [0.25, 0.3) is 5.69 Å². The molecule has 1 N–H and O–H groups in total. The normalized spacial score (nSPS) is 22.9. The molecule has 18 heavy (non-hydrogen) atoms. The number of methoxy groups -OCH3 is 1. The second-order valence-corrected chi connectivity index (χ2v) is 4.35. The van der Waals surface area contributed by atoms with Crippen molar-refractivity contribution in [3.8, 4) is 0 Å². The SMILES string of the molecule is COC1(CNc2ccc([N+](=O)[O-])cc2)CCOC1. The first kappa shape index (κ1) is 12.8. The Morgan fingerprint density at radius 2 is 2.22 bits per heavy atom. The minimum Gasteiger partial charge on any atom is -0.382 e. The molecule has 1 aromatic carbocycles. The Balaban J connectivity index is 1.95. The molecule has 1 aliphatic rings. The van der Waals surface area contributed by atoms with Gasteiger partial charge in [0.05, 0.1) is 11.5 Å². The van der Waals surface area contributed by atoms with E-state index in [0.29, 0.717) is 19.8 Å². The number of non-ortho nitro benzene ring substituents is 1. The summed E-state index contributed by atoms with van der Waals surface area (Å²) in [5.74, 6) is 0. The molecular weight excluding hydrogens is 236 g/mol. The quantitative estimate of drug-likeness (QED) is 0.639. The molecule has 1 fully saturated rings. The average Bonchev–Trinajstić information content (AvgIpc) is 2.86. The van der Waals surface area contributed by atoms with Crippen LogP contribution in [-0.2, 0) is 9.47 Å². The van der Waals surface area contributed by atoms with Gasteiger partial charge in [-0.1, -0.05) is 0 Å². The van der Waals surface area contributed by atoms with Gasteiger partial charge in [-0.2, -0.15) is 0 Å². The van der Waals surface area contributed by atoms with Crippen molar-refractivity contribution in [1.29, 1.82) is 0 Å². The van der Waals surface area contributed by atoms with Crippen molar-refractivity contribution >= 4 is 11.4 Å². The number of ether oxygens (including phenoxy) is 2. The van der Waals surface area contributed by atoms with Gasteiger partial charge in [-0.3, -0.25) is 10.1 Å². The van der Waals surface area contributed by atoms with E-state index in [9.17, 15) is 10.1 Å². The molecule has 6 heteroatoms. The van der Waals surface area contributed by atoms with E-state index in [1.165, 1.54) is 12.1 Å². The maximum absolute atomic E-state index is 10.5. The summed E-state index contributed by atoms with van der Waals surface area (Å²) in [6.45, 7) is 1.90. The highest BCUT2D eigenvalue weighted by atomic mass is 16.6. The molecule has 2 rings (SSSR count). The van der Waals surface area contributed by atoms with Gasteiger partial charge in [0.2, 0.25) is 0 Å². The first-order chi connectivity index (χ1) is 8.65. The Hall–Kier alpha value is -1.66. The molecule has 1 aliphatic heterocycles. The molecule has 0 spiro atoms. The summed E-state index contributed by atoms with van der Waals surface area (Å²) < 4.78 is 10.8. The molecule has 6 nitrogen and oxygen atoms in total. The third-order valence-electron chi connectivity index (χ3n) is 3.19. The van der Waals surface area contributed by atoms with E-state index >= 15 is 0 Å². The molecule has 1 unspecified atom stereocenters. The van der Waals surface area contributed by atoms with Crippen molar-refractivity contribution in [3.63, 3.8) is 0 Å². The van der Waals surface area contributed by atoms with Gasteiger partial charge in [-0.05, 0) is 12.1 Å². The molecule has 0 aromatic heterocycles. The monoisotopic (exact) mass is 252 g/mol.